The third kappa shape index (κ3) is 5.79. The van der Waals surface area contributed by atoms with Gasteiger partial charge in [-0.1, -0.05) is 0 Å². The summed E-state index contributed by atoms with van der Waals surface area (Å²) in [5.74, 6) is 0.402. The van der Waals surface area contributed by atoms with Crippen molar-refractivity contribution >= 4 is 12.1 Å². The Kier molecular flexibility index (Phi) is 6.94. The first-order valence-corrected chi connectivity index (χ1v) is 7.50. The molecule has 134 valence electrons. The Bertz CT molecular complexity index is 816. The number of hydrazone groups is 1. The second-order valence-corrected chi connectivity index (χ2v) is 4.89. The molecule has 0 saturated carbocycles. The highest BCUT2D eigenvalue weighted by Gasteiger charge is 2.05. The minimum absolute atomic E-state index is 0.0894. The molecule has 0 radical (unpaired) electrons. The molecular formula is C18H16FN3O4. The number of methoxy groups -OCH3 is 1. The first-order valence-electron chi connectivity index (χ1n) is 7.50. The molecule has 0 aromatic heterocycles. The molecule has 2 rings (SSSR count). The van der Waals surface area contributed by atoms with Gasteiger partial charge < -0.3 is 14.2 Å². The van der Waals surface area contributed by atoms with Gasteiger partial charge in [-0.25, -0.2) is 9.82 Å². The number of nitrogens with one attached hydrogen (secondary N) is 1. The number of amides is 1. The lowest BCUT2D eigenvalue weighted by atomic mass is 10.2. The van der Waals surface area contributed by atoms with Crippen LogP contribution in [-0.4, -0.2) is 32.4 Å². The number of carbonyl (C=O) groups is 1. The number of ether oxygens (including phenoxy) is 3. The average molecular weight is 357 g/mol. The molecule has 0 saturated heterocycles. The van der Waals surface area contributed by atoms with Gasteiger partial charge in [0.1, 0.15) is 17.6 Å². The third-order valence-corrected chi connectivity index (χ3v) is 3.07. The summed E-state index contributed by atoms with van der Waals surface area (Å²) in [6.07, 6.45) is 1.42. The zero-order valence-corrected chi connectivity index (χ0v) is 13.9. The molecule has 0 fully saturated rings. The Morgan fingerprint density at radius 2 is 2.00 bits per heavy atom. The van der Waals surface area contributed by atoms with E-state index in [1.807, 2.05) is 6.07 Å². The van der Waals surface area contributed by atoms with Crippen LogP contribution in [0.1, 0.15) is 5.56 Å². The quantitative estimate of drug-likeness (QED) is 0.578. The summed E-state index contributed by atoms with van der Waals surface area (Å²) >= 11 is 0. The first kappa shape index (κ1) is 18.7. The van der Waals surface area contributed by atoms with Crippen LogP contribution < -0.4 is 19.6 Å². The van der Waals surface area contributed by atoms with Gasteiger partial charge in [0.25, 0.3) is 5.91 Å². The minimum Gasteiger partial charge on any atom is -0.493 e. The molecule has 8 heteroatoms. The first-order chi connectivity index (χ1) is 12.6. The van der Waals surface area contributed by atoms with Gasteiger partial charge in [0.2, 0.25) is 0 Å². The number of hydrogen-bond donors (Lipinski definition) is 1. The SMILES string of the molecule is COc1cc(/C=N/NC(=O)COc2ccc(F)cc2)ccc1OCC#N. The lowest BCUT2D eigenvalue weighted by Gasteiger charge is -2.08. The van der Waals surface area contributed by atoms with Gasteiger partial charge in [-0.2, -0.15) is 10.4 Å². The molecule has 2 aromatic carbocycles. The summed E-state index contributed by atoms with van der Waals surface area (Å²) in [6, 6.07) is 12.2. The topological polar surface area (TPSA) is 92.9 Å². The van der Waals surface area contributed by atoms with Crippen LogP contribution in [0.15, 0.2) is 47.6 Å². The fourth-order valence-corrected chi connectivity index (χ4v) is 1.88. The van der Waals surface area contributed by atoms with E-state index in [2.05, 4.69) is 10.5 Å². The van der Waals surface area contributed by atoms with Crippen molar-refractivity contribution in [2.75, 3.05) is 20.3 Å². The largest absolute Gasteiger partial charge is 0.493 e. The number of rotatable bonds is 8. The maximum Gasteiger partial charge on any atom is 0.277 e. The Hall–Kier alpha value is -3.60. The molecule has 0 spiro atoms. The van der Waals surface area contributed by atoms with Gasteiger partial charge in [-0.15, -0.1) is 0 Å². The smallest absolute Gasteiger partial charge is 0.277 e. The molecule has 0 aliphatic rings. The van der Waals surface area contributed by atoms with Crippen molar-refractivity contribution in [3.8, 4) is 23.3 Å². The van der Waals surface area contributed by atoms with Crippen molar-refractivity contribution in [3.05, 3.63) is 53.8 Å². The van der Waals surface area contributed by atoms with Gasteiger partial charge in [0.05, 0.1) is 13.3 Å². The van der Waals surface area contributed by atoms with Crippen molar-refractivity contribution in [1.82, 2.24) is 5.43 Å². The van der Waals surface area contributed by atoms with Crippen LogP contribution in [0.2, 0.25) is 0 Å². The molecule has 1 amide bonds. The van der Waals surface area contributed by atoms with Crippen LogP contribution >= 0.6 is 0 Å². The van der Waals surface area contributed by atoms with Crippen LogP contribution in [0.3, 0.4) is 0 Å². The summed E-state index contributed by atoms with van der Waals surface area (Å²) in [6.45, 7) is -0.346. The lowest BCUT2D eigenvalue weighted by Crippen LogP contribution is -2.24. The Morgan fingerprint density at radius 3 is 2.69 bits per heavy atom. The minimum atomic E-state index is -0.466. The van der Waals surface area contributed by atoms with Crippen LogP contribution in [-0.2, 0) is 4.79 Å². The van der Waals surface area contributed by atoms with E-state index in [9.17, 15) is 9.18 Å². The number of halogens is 1. The predicted octanol–water partition coefficient (Wildman–Crippen LogP) is 2.27. The number of nitrogens with zero attached hydrogens (tertiary/aromatic N) is 2. The standard InChI is InChI=1S/C18H16FN3O4/c1-24-17-10-13(2-7-16(17)25-9-8-20)11-21-22-18(23)12-26-15-5-3-14(19)4-6-15/h2-7,10-11H,9,12H2,1H3,(H,22,23)/b21-11+. The molecule has 7 nitrogen and oxygen atoms in total. The summed E-state index contributed by atoms with van der Waals surface area (Å²) in [5.41, 5.74) is 2.97. The van der Waals surface area contributed by atoms with Gasteiger partial charge in [-0.3, -0.25) is 4.79 Å². The molecule has 1 N–H and O–H groups in total. The van der Waals surface area contributed by atoms with Crippen LogP contribution in [0.25, 0.3) is 0 Å². The highest BCUT2D eigenvalue weighted by atomic mass is 19.1. The Balaban J connectivity index is 1.86. The number of benzene rings is 2. The van der Waals surface area contributed by atoms with Gasteiger partial charge in [0, 0.05) is 0 Å². The zero-order chi connectivity index (χ0) is 18.8. The number of hydrogen-bond acceptors (Lipinski definition) is 6. The van der Waals surface area contributed by atoms with E-state index in [1.54, 1.807) is 18.2 Å². The zero-order valence-electron chi connectivity index (χ0n) is 13.9. The monoisotopic (exact) mass is 357 g/mol. The molecule has 0 unspecified atom stereocenters. The maximum atomic E-state index is 12.8. The summed E-state index contributed by atoms with van der Waals surface area (Å²) in [7, 11) is 1.48. The van der Waals surface area contributed by atoms with E-state index in [-0.39, 0.29) is 19.0 Å². The highest BCUT2D eigenvalue weighted by Crippen LogP contribution is 2.27. The van der Waals surface area contributed by atoms with E-state index < -0.39 is 5.91 Å². The van der Waals surface area contributed by atoms with Gasteiger partial charge >= 0.3 is 0 Å². The normalized spacial score (nSPS) is 10.2. The van der Waals surface area contributed by atoms with E-state index in [0.29, 0.717) is 22.8 Å². The highest BCUT2D eigenvalue weighted by molar-refractivity contribution is 5.83. The molecule has 0 aliphatic heterocycles. The van der Waals surface area contributed by atoms with Crippen LogP contribution in [0, 0.1) is 17.1 Å². The van der Waals surface area contributed by atoms with Gasteiger partial charge in [-0.05, 0) is 48.0 Å². The molecule has 0 bridgehead atoms. The fourth-order valence-electron chi connectivity index (χ4n) is 1.88. The molecule has 0 heterocycles. The lowest BCUT2D eigenvalue weighted by molar-refractivity contribution is -0.123. The third-order valence-electron chi connectivity index (χ3n) is 3.07. The van der Waals surface area contributed by atoms with Crippen LogP contribution in [0.5, 0.6) is 17.2 Å². The predicted molar refractivity (Wildman–Crippen MR) is 91.7 cm³/mol. The molecular weight excluding hydrogens is 341 g/mol. The second-order valence-electron chi connectivity index (χ2n) is 4.89. The Labute approximate surface area is 149 Å². The van der Waals surface area contributed by atoms with E-state index >= 15 is 0 Å². The summed E-state index contributed by atoms with van der Waals surface area (Å²) in [5, 5.41) is 12.4. The summed E-state index contributed by atoms with van der Waals surface area (Å²) in [4.78, 5) is 11.7. The van der Waals surface area contributed by atoms with Crippen molar-refractivity contribution < 1.29 is 23.4 Å². The molecule has 0 atom stereocenters. The average Bonchev–Trinajstić information content (AvgIpc) is 2.66. The van der Waals surface area contributed by atoms with Crippen molar-refractivity contribution in [2.24, 2.45) is 5.10 Å². The van der Waals surface area contributed by atoms with Gasteiger partial charge in [0.15, 0.2) is 24.7 Å². The number of nitriles is 1. The van der Waals surface area contributed by atoms with E-state index in [1.165, 1.54) is 37.6 Å². The number of carbonyl (C=O) groups excluding carboxylic acids is 1. The maximum absolute atomic E-state index is 12.8. The van der Waals surface area contributed by atoms with Crippen molar-refractivity contribution in [1.29, 1.82) is 5.26 Å². The fraction of sp³-hybridized carbons (Fsp3) is 0.167. The molecule has 0 aliphatic carbocycles. The van der Waals surface area contributed by atoms with E-state index in [4.69, 9.17) is 19.5 Å². The van der Waals surface area contributed by atoms with Crippen molar-refractivity contribution in [2.45, 2.75) is 0 Å². The second kappa shape index (κ2) is 9.64. The van der Waals surface area contributed by atoms with Crippen molar-refractivity contribution in [3.63, 3.8) is 0 Å². The summed E-state index contributed by atoms with van der Waals surface area (Å²) < 4.78 is 28.4. The molecule has 2 aromatic rings. The Morgan fingerprint density at radius 1 is 1.23 bits per heavy atom. The van der Waals surface area contributed by atoms with E-state index in [0.717, 1.165) is 0 Å². The van der Waals surface area contributed by atoms with Crippen LogP contribution in [0.4, 0.5) is 4.39 Å². The molecule has 26 heavy (non-hydrogen) atoms.